The van der Waals surface area contributed by atoms with E-state index in [4.69, 9.17) is 14.2 Å². The summed E-state index contributed by atoms with van der Waals surface area (Å²) in [5.41, 5.74) is 3.49. The molecule has 0 radical (unpaired) electrons. The van der Waals surface area contributed by atoms with Crippen LogP contribution in [0.5, 0.6) is 17.2 Å². The number of nitrogens with one attached hydrogen (secondary N) is 1. The average Bonchev–Trinajstić information content (AvgIpc) is 2.99. The Bertz CT molecular complexity index is 1500. The first kappa shape index (κ1) is 28.5. The predicted octanol–water partition coefficient (Wildman–Crippen LogP) is 7.23. The Labute approximate surface area is 243 Å². The van der Waals surface area contributed by atoms with Gasteiger partial charge in [-0.25, -0.2) is 0 Å². The highest BCUT2D eigenvalue weighted by atomic mass is 79.9. The van der Waals surface area contributed by atoms with Crippen LogP contribution >= 0.6 is 15.9 Å². The molecule has 0 fully saturated rings. The lowest BCUT2D eigenvalue weighted by molar-refractivity contribution is -0.117. The molecule has 202 valence electrons. The number of rotatable bonds is 12. The van der Waals surface area contributed by atoms with Crippen LogP contribution in [0.4, 0.5) is 0 Å². The molecule has 0 bridgehead atoms. The molecular weight excluding hydrogens is 568 g/mol. The smallest absolute Gasteiger partial charge is 0.262 e. The van der Waals surface area contributed by atoms with Crippen molar-refractivity contribution in [2.24, 2.45) is 0 Å². The van der Waals surface area contributed by atoms with E-state index >= 15 is 0 Å². The first-order valence-electron chi connectivity index (χ1n) is 12.8. The van der Waals surface area contributed by atoms with Crippen LogP contribution < -0.4 is 19.5 Å². The highest BCUT2D eigenvalue weighted by molar-refractivity contribution is 9.10. The molecule has 0 saturated carbocycles. The second-order valence-corrected chi connectivity index (χ2v) is 9.71. The van der Waals surface area contributed by atoms with Crippen molar-refractivity contribution in [1.82, 2.24) is 5.32 Å². The first-order valence-corrected chi connectivity index (χ1v) is 13.6. The van der Waals surface area contributed by atoms with Crippen LogP contribution in [-0.2, 0) is 24.6 Å². The van der Waals surface area contributed by atoms with Gasteiger partial charge in [-0.3, -0.25) is 4.79 Å². The normalized spacial score (nSPS) is 10.9. The number of ether oxygens (including phenoxy) is 3. The zero-order chi connectivity index (χ0) is 28.2. The highest BCUT2D eigenvalue weighted by Gasteiger charge is 2.13. The lowest BCUT2D eigenvalue weighted by Gasteiger charge is -2.15. The number of hydrogen-bond donors (Lipinski definition) is 1. The Balaban J connectivity index is 1.46. The molecule has 0 unspecified atom stereocenters. The monoisotopic (exact) mass is 596 g/mol. The minimum atomic E-state index is -0.454. The van der Waals surface area contributed by atoms with Gasteiger partial charge in [-0.05, 0) is 60.0 Å². The van der Waals surface area contributed by atoms with Gasteiger partial charge in [-0.1, -0.05) is 82.7 Å². The molecule has 1 amide bonds. The van der Waals surface area contributed by atoms with Crippen LogP contribution in [0.15, 0.2) is 107 Å². The van der Waals surface area contributed by atoms with E-state index in [0.29, 0.717) is 42.6 Å². The van der Waals surface area contributed by atoms with Crippen molar-refractivity contribution < 1.29 is 19.0 Å². The number of nitrogens with zero attached hydrogens (tertiary/aromatic N) is 1. The Morgan fingerprint density at radius 3 is 2.15 bits per heavy atom. The molecular formula is C33H29BrN2O4. The van der Waals surface area contributed by atoms with Gasteiger partial charge in [0.15, 0.2) is 11.5 Å². The van der Waals surface area contributed by atoms with Gasteiger partial charge in [0.1, 0.15) is 30.6 Å². The highest BCUT2D eigenvalue weighted by Crippen LogP contribution is 2.31. The van der Waals surface area contributed by atoms with Gasteiger partial charge in [0.25, 0.3) is 5.91 Å². The van der Waals surface area contributed by atoms with Crippen molar-refractivity contribution in [2.75, 3.05) is 6.61 Å². The number of amides is 1. The van der Waals surface area contributed by atoms with Gasteiger partial charge in [-0.15, -0.1) is 0 Å². The fourth-order valence-corrected chi connectivity index (χ4v) is 4.25. The molecule has 0 atom stereocenters. The summed E-state index contributed by atoms with van der Waals surface area (Å²) in [6, 6.07) is 32.6. The van der Waals surface area contributed by atoms with Crippen molar-refractivity contribution in [2.45, 2.75) is 26.7 Å². The molecule has 0 aliphatic heterocycles. The van der Waals surface area contributed by atoms with Gasteiger partial charge in [-0.2, -0.15) is 5.26 Å². The molecule has 0 spiro atoms. The number of benzene rings is 4. The van der Waals surface area contributed by atoms with Gasteiger partial charge >= 0.3 is 0 Å². The summed E-state index contributed by atoms with van der Waals surface area (Å²) in [7, 11) is 0. The molecule has 4 aromatic carbocycles. The fourth-order valence-electron chi connectivity index (χ4n) is 3.87. The molecule has 0 heterocycles. The van der Waals surface area contributed by atoms with Crippen molar-refractivity contribution in [3.8, 4) is 23.3 Å². The minimum absolute atomic E-state index is 0.0163. The number of carbonyl (C=O) groups is 1. The maximum Gasteiger partial charge on any atom is 0.262 e. The predicted molar refractivity (Wildman–Crippen MR) is 159 cm³/mol. The number of carbonyl (C=O) groups excluding carboxylic acids is 1. The summed E-state index contributed by atoms with van der Waals surface area (Å²) >= 11 is 3.47. The van der Waals surface area contributed by atoms with E-state index in [2.05, 4.69) is 21.2 Å². The topological polar surface area (TPSA) is 80.6 Å². The number of halogens is 1. The minimum Gasteiger partial charge on any atom is -0.490 e. The fraction of sp³-hybridized carbons (Fsp3) is 0.152. The van der Waals surface area contributed by atoms with Gasteiger partial charge in [0.05, 0.1) is 6.61 Å². The summed E-state index contributed by atoms with van der Waals surface area (Å²) in [5.74, 6) is 1.37. The van der Waals surface area contributed by atoms with Crippen LogP contribution in [0, 0.1) is 11.3 Å². The Hall–Kier alpha value is -4.54. The van der Waals surface area contributed by atoms with Crippen molar-refractivity contribution in [3.63, 3.8) is 0 Å². The molecule has 7 heteroatoms. The molecule has 4 aromatic rings. The SMILES string of the molecule is CCOc1cc(COc2ccc(Br)cc2/C=C(\C#N)C(=O)NCc2ccccc2)ccc1OCc1ccccc1. The van der Waals surface area contributed by atoms with Gasteiger partial charge in [0, 0.05) is 16.6 Å². The number of hydrogen-bond acceptors (Lipinski definition) is 5. The maximum atomic E-state index is 12.7. The molecule has 40 heavy (non-hydrogen) atoms. The summed E-state index contributed by atoms with van der Waals surface area (Å²) in [6.07, 6.45) is 1.53. The molecule has 0 aliphatic rings. The van der Waals surface area contributed by atoms with E-state index in [1.807, 2.05) is 104 Å². The molecule has 1 N–H and O–H groups in total. The molecule has 0 saturated heterocycles. The third kappa shape index (κ3) is 8.23. The van der Waals surface area contributed by atoms with Gasteiger partial charge < -0.3 is 19.5 Å². The third-order valence-corrected chi connectivity index (χ3v) is 6.37. The second-order valence-electron chi connectivity index (χ2n) is 8.80. The zero-order valence-electron chi connectivity index (χ0n) is 22.1. The van der Waals surface area contributed by atoms with Crippen molar-refractivity contribution in [3.05, 3.63) is 129 Å². The van der Waals surface area contributed by atoms with Crippen LogP contribution in [0.1, 0.15) is 29.2 Å². The van der Waals surface area contributed by atoms with E-state index < -0.39 is 5.91 Å². The first-order chi connectivity index (χ1) is 19.6. The summed E-state index contributed by atoms with van der Waals surface area (Å²) in [5, 5.41) is 12.5. The van der Waals surface area contributed by atoms with E-state index in [0.717, 1.165) is 21.2 Å². The van der Waals surface area contributed by atoms with Gasteiger partial charge in [0.2, 0.25) is 0 Å². The molecule has 0 aromatic heterocycles. The van der Waals surface area contributed by atoms with E-state index in [1.165, 1.54) is 6.08 Å². The molecule has 6 nitrogen and oxygen atoms in total. The Kier molecular flexibility index (Phi) is 10.4. The third-order valence-electron chi connectivity index (χ3n) is 5.87. The quantitative estimate of drug-likeness (QED) is 0.138. The van der Waals surface area contributed by atoms with Crippen molar-refractivity contribution >= 4 is 27.9 Å². The van der Waals surface area contributed by atoms with E-state index in [9.17, 15) is 10.1 Å². The van der Waals surface area contributed by atoms with Crippen LogP contribution in [0.3, 0.4) is 0 Å². The zero-order valence-corrected chi connectivity index (χ0v) is 23.7. The lowest BCUT2D eigenvalue weighted by atomic mass is 10.1. The second kappa shape index (κ2) is 14.6. The molecule has 0 aliphatic carbocycles. The van der Waals surface area contributed by atoms with Crippen molar-refractivity contribution in [1.29, 1.82) is 5.26 Å². The summed E-state index contributed by atoms with van der Waals surface area (Å²) in [6.45, 7) is 3.44. The maximum absolute atomic E-state index is 12.7. The summed E-state index contributed by atoms with van der Waals surface area (Å²) in [4.78, 5) is 12.7. The average molecular weight is 598 g/mol. The Morgan fingerprint density at radius 1 is 0.800 bits per heavy atom. The lowest BCUT2D eigenvalue weighted by Crippen LogP contribution is -2.23. The van der Waals surface area contributed by atoms with Crippen LogP contribution in [0.25, 0.3) is 6.08 Å². The Morgan fingerprint density at radius 2 is 1.45 bits per heavy atom. The summed E-state index contributed by atoms with van der Waals surface area (Å²) < 4.78 is 18.8. The number of nitriles is 1. The standard InChI is InChI=1S/C33H29BrN2O4/c1-2-38-32-17-26(13-15-31(32)40-22-25-11-7-4-8-12-25)23-39-30-16-14-29(34)19-27(30)18-28(20-35)33(37)36-21-24-9-5-3-6-10-24/h3-19H,2,21-23H2,1H3,(H,36,37)/b28-18+. The molecule has 4 rings (SSSR count). The van der Waals surface area contributed by atoms with Crippen LogP contribution in [0.2, 0.25) is 0 Å². The van der Waals surface area contributed by atoms with Crippen LogP contribution in [-0.4, -0.2) is 12.5 Å². The van der Waals surface area contributed by atoms with E-state index in [-0.39, 0.29) is 12.2 Å². The largest absolute Gasteiger partial charge is 0.490 e. The van der Waals surface area contributed by atoms with E-state index in [1.54, 1.807) is 6.07 Å².